The molecule has 9 heteroatoms. The molecule has 2 rings (SSSR count). The van der Waals surface area contributed by atoms with Crippen molar-refractivity contribution in [1.82, 2.24) is 10.2 Å². The Labute approximate surface area is 148 Å². The highest BCUT2D eigenvalue weighted by Gasteiger charge is 2.36. The Kier molecular flexibility index (Phi) is 9.09. The molecule has 22 heavy (non-hydrogen) atoms. The summed E-state index contributed by atoms with van der Waals surface area (Å²) in [4.78, 5) is 1.81. The van der Waals surface area contributed by atoms with Crippen LogP contribution in [0.3, 0.4) is 0 Å². The highest BCUT2D eigenvalue weighted by Crippen LogP contribution is 2.38. The number of hydrogen-bond acceptors (Lipinski definition) is 3. The molecule has 1 aliphatic rings. The van der Waals surface area contributed by atoms with Gasteiger partial charge >= 0.3 is 6.18 Å². The molecule has 0 unspecified atom stereocenters. The van der Waals surface area contributed by atoms with E-state index in [1.807, 2.05) is 4.90 Å². The van der Waals surface area contributed by atoms with Crippen molar-refractivity contribution < 1.29 is 18.3 Å². The lowest BCUT2D eigenvalue weighted by atomic mass is 10.0. The summed E-state index contributed by atoms with van der Waals surface area (Å²) in [6.07, 6.45) is -5.17. The number of rotatable bonds is 3. The molecule has 0 spiro atoms. The monoisotopic (exact) mass is 424 g/mol. The Morgan fingerprint density at radius 2 is 1.82 bits per heavy atom. The number of piperazine rings is 1. The Balaban J connectivity index is 0.00000220. The average Bonchev–Trinajstić information content (AvgIpc) is 2.39. The van der Waals surface area contributed by atoms with E-state index in [4.69, 9.17) is 0 Å². The minimum atomic E-state index is -4.25. The van der Waals surface area contributed by atoms with Gasteiger partial charge in [0.2, 0.25) is 0 Å². The van der Waals surface area contributed by atoms with Crippen LogP contribution in [0.4, 0.5) is 13.2 Å². The predicted octanol–water partition coefficient (Wildman–Crippen LogP) is 3.90. The lowest BCUT2D eigenvalue weighted by Gasteiger charge is -2.36. The Bertz CT molecular complexity index is 471. The summed E-state index contributed by atoms with van der Waals surface area (Å²) in [5, 5.41) is 12.7. The number of phenols is 1. The Morgan fingerprint density at radius 3 is 2.36 bits per heavy atom. The second kappa shape index (κ2) is 9.17. The van der Waals surface area contributed by atoms with Crippen molar-refractivity contribution >= 4 is 40.7 Å². The molecule has 0 bridgehead atoms. The first kappa shape index (κ1) is 21.8. The zero-order valence-electron chi connectivity index (χ0n) is 11.6. The van der Waals surface area contributed by atoms with E-state index in [9.17, 15) is 18.3 Å². The molecule has 1 aromatic rings. The van der Waals surface area contributed by atoms with E-state index in [0.29, 0.717) is 36.2 Å². The van der Waals surface area contributed by atoms with Crippen LogP contribution >= 0.6 is 40.7 Å². The summed E-state index contributed by atoms with van der Waals surface area (Å²) in [7, 11) is 0. The van der Waals surface area contributed by atoms with Crippen molar-refractivity contribution in [2.24, 2.45) is 0 Å². The molecular weight excluding hydrogens is 408 g/mol. The Hall–Kier alpha value is -0.210. The van der Waals surface area contributed by atoms with Gasteiger partial charge in [0.1, 0.15) is 5.75 Å². The molecule has 0 radical (unpaired) electrons. The lowest BCUT2D eigenvalue weighted by molar-refractivity contribution is -0.148. The van der Waals surface area contributed by atoms with Gasteiger partial charge in [0.25, 0.3) is 0 Å². The highest BCUT2D eigenvalue weighted by molar-refractivity contribution is 9.10. The predicted molar refractivity (Wildman–Crippen MR) is 88.2 cm³/mol. The van der Waals surface area contributed by atoms with Crippen LogP contribution in [0.25, 0.3) is 0 Å². The van der Waals surface area contributed by atoms with Gasteiger partial charge in [0.15, 0.2) is 0 Å². The van der Waals surface area contributed by atoms with Gasteiger partial charge in [0.05, 0.1) is 6.42 Å². The molecule has 3 nitrogen and oxygen atoms in total. The van der Waals surface area contributed by atoms with Gasteiger partial charge in [-0.15, -0.1) is 24.8 Å². The summed E-state index contributed by atoms with van der Waals surface area (Å²) in [5.74, 6) is -0.0227. The minimum Gasteiger partial charge on any atom is -0.508 e. The van der Waals surface area contributed by atoms with Crippen LogP contribution in [0.5, 0.6) is 5.75 Å². The molecule has 128 valence electrons. The molecule has 0 aromatic heterocycles. The van der Waals surface area contributed by atoms with Crippen molar-refractivity contribution in [3.63, 3.8) is 0 Å². The quantitative estimate of drug-likeness (QED) is 0.770. The van der Waals surface area contributed by atoms with Gasteiger partial charge in [0, 0.05) is 36.7 Å². The zero-order valence-corrected chi connectivity index (χ0v) is 14.8. The molecule has 1 heterocycles. The molecular formula is C13H18BrCl2F3N2O. The maximum absolute atomic E-state index is 12.9. The molecule has 1 fully saturated rings. The van der Waals surface area contributed by atoms with Crippen molar-refractivity contribution in [2.75, 3.05) is 26.2 Å². The smallest absolute Gasteiger partial charge is 0.390 e. The molecule has 1 aliphatic heterocycles. The Morgan fingerprint density at radius 1 is 1.23 bits per heavy atom. The van der Waals surface area contributed by atoms with Gasteiger partial charge in [-0.2, -0.15) is 13.2 Å². The maximum atomic E-state index is 12.9. The van der Waals surface area contributed by atoms with E-state index in [1.165, 1.54) is 12.1 Å². The van der Waals surface area contributed by atoms with E-state index in [-0.39, 0.29) is 30.6 Å². The minimum absolute atomic E-state index is 0. The van der Waals surface area contributed by atoms with Gasteiger partial charge < -0.3 is 10.4 Å². The SMILES string of the molecule is Cl.Cl.Oc1ccc(Br)c([C@H](CC(F)(F)F)N2CCNCC2)c1. The first-order chi connectivity index (χ1) is 9.37. The zero-order chi connectivity index (χ0) is 14.8. The van der Waals surface area contributed by atoms with Gasteiger partial charge in [-0.25, -0.2) is 0 Å². The molecule has 0 saturated carbocycles. The van der Waals surface area contributed by atoms with E-state index in [1.54, 1.807) is 6.07 Å². The van der Waals surface area contributed by atoms with Gasteiger partial charge in [-0.1, -0.05) is 15.9 Å². The van der Waals surface area contributed by atoms with Crippen molar-refractivity contribution in [3.8, 4) is 5.75 Å². The summed E-state index contributed by atoms with van der Waals surface area (Å²) in [6, 6.07) is 3.66. The molecule has 1 aromatic carbocycles. The van der Waals surface area contributed by atoms with Crippen LogP contribution in [0.15, 0.2) is 22.7 Å². The largest absolute Gasteiger partial charge is 0.508 e. The third-order valence-electron chi connectivity index (χ3n) is 3.36. The summed E-state index contributed by atoms with van der Waals surface area (Å²) < 4.78 is 39.2. The number of benzene rings is 1. The average molecular weight is 426 g/mol. The van der Waals surface area contributed by atoms with Crippen molar-refractivity contribution in [1.29, 1.82) is 0 Å². The number of hydrogen-bond donors (Lipinski definition) is 2. The van der Waals surface area contributed by atoms with E-state index < -0.39 is 18.6 Å². The fraction of sp³-hybridized carbons (Fsp3) is 0.538. The van der Waals surface area contributed by atoms with Crippen LogP contribution in [-0.2, 0) is 0 Å². The highest BCUT2D eigenvalue weighted by atomic mass is 79.9. The summed E-state index contributed by atoms with van der Waals surface area (Å²) in [5.41, 5.74) is 0.476. The number of aromatic hydroxyl groups is 1. The van der Waals surface area contributed by atoms with Gasteiger partial charge in [-0.3, -0.25) is 4.90 Å². The van der Waals surface area contributed by atoms with Crippen LogP contribution in [-0.4, -0.2) is 42.4 Å². The second-order valence-electron chi connectivity index (χ2n) is 4.83. The van der Waals surface area contributed by atoms with Crippen LogP contribution in [0, 0.1) is 0 Å². The first-order valence-corrected chi connectivity index (χ1v) is 7.16. The van der Waals surface area contributed by atoms with Gasteiger partial charge in [-0.05, 0) is 23.8 Å². The van der Waals surface area contributed by atoms with Crippen LogP contribution in [0.1, 0.15) is 18.0 Å². The number of nitrogens with one attached hydrogen (secondary N) is 1. The lowest BCUT2D eigenvalue weighted by Crippen LogP contribution is -2.46. The molecule has 0 aliphatic carbocycles. The fourth-order valence-corrected chi connectivity index (χ4v) is 2.95. The number of halogens is 6. The molecule has 2 N–H and O–H groups in total. The van der Waals surface area contributed by atoms with E-state index >= 15 is 0 Å². The summed E-state index contributed by atoms with van der Waals surface area (Å²) >= 11 is 3.28. The molecule has 0 amide bonds. The van der Waals surface area contributed by atoms with Crippen molar-refractivity contribution in [2.45, 2.75) is 18.6 Å². The maximum Gasteiger partial charge on any atom is 0.390 e. The van der Waals surface area contributed by atoms with Crippen LogP contribution in [0.2, 0.25) is 0 Å². The third-order valence-corrected chi connectivity index (χ3v) is 4.08. The molecule has 1 saturated heterocycles. The number of nitrogens with zero attached hydrogens (tertiary/aromatic N) is 1. The van der Waals surface area contributed by atoms with E-state index in [0.717, 1.165) is 0 Å². The topological polar surface area (TPSA) is 35.5 Å². The van der Waals surface area contributed by atoms with E-state index in [2.05, 4.69) is 21.2 Å². The summed E-state index contributed by atoms with van der Waals surface area (Å²) in [6.45, 7) is 2.46. The number of alkyl halides is 3. The van der Waals surface area contributed by atoms with Crippen LogP contribution < -0.4 is 5.32 Å². The standard InChI is InChI=1S/C13H16BrF3N2O.2ClH/c14-11-2-1-9(20)7-10(11)12(8-13(15,16)17)19-5-3-18-4-6-19;;/h1-2,7,12,18,20H,3-6,8H2;2*1H/t12-;;/m0../s1. The fourth-order valence-electron chi connectivity index (χ4n) is 2.44. The number of phenolic OH excluding ortho intramolecular Hbond substituents is 1. The third kappa shape index (κ3) is 6.12. The van der Waals surface area contributed by atoms with Crippen molar-refractivity contribution in [3.05, 3.63) is 28.2 Å². The molecule has 1 atom stereocenters. The first-order valence-electron chi connectivity index (χ1n) is 6.37. The normalized spacial score (nSPS) is 17.3. The second-order valence-corrected chi connectivity index (χ2v) is 5.68.